The number of hydrogen-bond donors (Lipinski definition) is 1. The second-order valence-corrected chi connectivity index (χ2v) is 7.12. The van der Waals surface area contributed by atoms with Crippen molar-refractivity contribution in [2.24, 2.45) is 0 Å². The monoisotopic (exact) mass is 396 g/mol. The fourth-order valence-electron chi connectivity index (χ4n) is 3.51. The highest BCUT2D eigenvalue weighted by Crippen LogP contribution is 2.34. The Morgan fingerprint density at radius 3 is 3.04 bits per heavy atom. The van der Waals surface area contributed by atoms with Gasteiger partial charge in [0.2, 0.25) is 5.91 Å². The number of fused-ring (bicyclic) bond motifs is 1. The number of nitrogens with zero attached hydrogens (tertiary/aromatic N) is 3. The Morgan fingerprint density at radius 1 is 1.25 bits per heavy atom. The molecule has 5 rings (SSSR count). The number of nitrogens with one attached hydrogen (secondary N) is 1. The zero-order valence-electron chi connectivity index (χ0n) is 14.5. The maximum Gasteiger partial charge on any atom is 0.258 e. The maximum absolute atomic E-state index is 14.3. The maximum atomic E-state index is 14.3. The van der Waals surface area contributed by atoms with E-state index in [0.29, 0.717) is 11.7 Å². The van der Waals surface area contributed by atoms with Crippen LogP contribution in [0.4, 0.5) is 10.1 Å². The molecule has 1 saturated heterocycles. The van der Waals surface area contributed by atoms with Gasteiger partial charge in [-0.2, -0.15) is 4.98 Å². The standard InChI is InChI=1S/C20H14ClFN4O2/c21-14-2-1-3-16(18(14)22)26-10-13(9-17(26)27)19-24-20(28-25-19)12-5-4-11-6-7-23-15(11)8-12/h1-8,13,23H,9-10H2. The van der Waals surface area contributed by atoms with Crippen LogP contribution in [0.25, 0.3) is 22.4 Å². The summed E-state index contributed by atoms with van der Waals surface area (Å²) in [6.45, 7) is 0.269. The number of H-pyrrole nitrogens is 1. The van der Waals surface area contributed by atoms with Crippen LogP contribution in [0.3, 0.4) is 0 Å². The number of halogens is 2. The largest absolute Gasteiger partial charge is 0.361 e. The second-order valence-electron chi connectivity index (χ2n) is 6.72. The van der Waals surface area contributed by atoms with Crippen LogP contribution in [0.5, 0.6) is 0 Å². The fraction of sp³-hybridized carbons (Fsp3) is 0.150. The first-order valence-electron chi connectivity index (χ1n) is 8.75. The molecule has 1 amide bonds. The third kappa shape index (κ3) is 2.75. The minimum Gasteiger partial charge on any atom is -0.361 e. The molecule has 8 heteroatoms. The summed E-state index contributed by atoms with van der Waals surface area (Å²) in [5.41, 5.74) is 1.92. The van der Waals surface area contributed by atoms with Crippen molar-refractivity contribution < 1.29 is 13.7 Å². The number of aromatic amines is 1. The van der Waals surface area contributed by atoms with Crippen LogP contribution in [0, 0.1) is 5.82 Å². The molecule has 1 unspecified atom stereocenters. The van der Waals surface area contributed by atoms with Gasteiger partial charge in [-0.3, -0.25) is 4.79 Å². The average molecular weight is 397 g/mol. The number of hydrogen-bond acceptors (Lipinski definition) is 4. The van der Waals surface area contributed by atoms with Gasteiger partial charge in [-0.25, -0.2) is 4.39 Å². The average Bonchev–Trinajstić information content (AvgIpc) is 3.42. The van der Waals surface area contributed by atoms with E-state index in [1.807, 2.05) is 30.5 Å². The molecular weight excluding hydrogens is 383 g/mol. The van der Waals surface area contributed by atoms with Gasteiger partial charge in [-0.05, 0) is 35.7 Å². The molecule has 1 aliphatic heterocycles. The van der Waals surface area contributed by atoms with Gasteiger partial charge in [0, 0.05) is 36.2 Å². The molecule has 1 aliphatic rings. The molecule has 0 bridgehead atoms. The Hall–Kier alpha value is -3.19. The molecule has 1 atom stereocenters. The van der Waals surface area contributed by atoms with Crippen LogP contribution in [-0.2, 0) is 4.79 Å². The van der Waals surface area contributed by atoms with Crippen LogP contribution >= 0.6 is 11.6 Å². The molecule has 6 nitrogen and oxygen atoms in total. The van der Waals surface area contributed by atoms with Crippen molar-refractivity contribution in [3.05, 3.63) is 65.3 Å². The molecule has 0 saturated carbocycles. The molecule has 2 aromatic carbocycles. The van der Waals surface area contributed by atoms with Gasteiger partial charge in [0.15, 0.2) is 11.6 Å². The molecular formula is C20H14ClFN4O2. The van der Waals surface area contributed by atoms with Gasteiger partial charge in [-0.15, -0.1) is 0 Å². The lowest BCUT2D eigenvalue weighted by Gasteiger charge is -2.17. The molecule has 2 aromatic heterocycles. The molecule has 0 spiro atoms. The minimum absolute atomic E-state index is 0.0182. The van der Waals surface area contributed by atoms with Gasteiger partial charge < -0.3 is 14.4 Å². The van der Waals surface area contributed by atoms with E-state index in [-0.39, 0.29) is 35.5 Å². The van der Waals surface area contributed by atoms with E-state index in [1.165, 1.54) is 17.0 Å². The summed E-state index contributed by atoms with van der Waals surface area (Å²) in [6.07, 6.45) is 2.04. The summed E-state index contributed by atoms with van der Waals surface area (Å²) in [5.74, 6) is -0.277. The van der Waals surface area contributed by atoms with Gasteiger partial charge in [0.25, 0.3) is 5.89 Å². The summed E-state index contributed by atoms with van der Waals surface area (Å²) < 4.78 is 19.7. The van der Waals surface area contributed by atoms with Crippen LogP contribution in [0.2, 0.25) is 5.02 Å². The first-order valence-corrected chi connectivity index (χ1v) is 9.13. The van der Waals surface area contributed by atoms with Crippen molar-refractivity contribution in [2.75, 3.05) is 11.4 Å². The zero-order valence-corrected chi connectivity index (χ0v) is 15.3. The minimum atomic E-state index is -0.605. The Labute approximate surface area is 163 Å². The first kappa shape index (κ1) is 16.9. The topological polar surface area (TPSA) is 75.0 Å². The Kier molecular flexibility index (Phi) is 3.91. The van der Waals surface area contributed by atoms with E-state index < -0.39 is 5.82 Å². The van der Waals surface area contributed by atoms with E-state index >= 15 is 0 Å². The van der Waals surface area contributed by atoms with Crippen molar-refractivity contribution in [1.29, 1.82) is 0 Å². The van der Waals surface area contributed by atoms with Crippen LogP contribution < -0.4 is 4.90 Å². The second kappa shape index (κ2) is 6.45. The molecule has 28 heavy (non-hydrogen) atoms. The van der Waals surface area contributed by atoms with E-state index in [1.54, 1.807) is 6.07 Å². The van der Waals surface area contributed by atoms with Crippen LogP contribution in [0.15, 0.2) is 53.2 Å². The third-order valence-electron chi connectivity index (χ3n) is 4.96. The fourth-order valence-corrected chi connectivity index (χ4v) is 3.68. The number of rotatable bonds is 3. The highest BCUT2D eigenvalue weighted by Gasteiger charge is 2.36. The summed E-state index contributed by atoms with van der Waals surface area (Å²) in [5, 5.41) is 5.12. The van der Waals surface area contributed by atoms with E-state index in [0.717, 1.165) is 16.5 Å². The highest BCUT2D eigenvalue weighted by atomic mass is 35.5. The number of anilines is 1. The molecule has 1 fully saturated rings. The lowest BCUT2D eigenvalue weighted by atomic mass is 10.1. The Bertz CT molecular complexity index is 1200. The van der Waals surface area contributed by atoms with Crippen LogP contribution in [-0.4, -0.2) is 27.6 Å². The van der Waals surface area contributed by atoms with Crippen molar-refractivity contribution in [3.8, 4) is 11.5 Å². The number of benzene rings is 2. The normalized spacial score (nSPS) is 17.0. The predicted molar refractivity (Wildman–Crippen MR) is 103 cm³/mol. The smallest absolute Gasteiger partial charge is 0.258 e. The van der Waals surface area contributed by atoms with Crippen molar-refractivity contribution in [3.63, 3.8) is 0 Å². The third-order valence-corrected chi connectivity index (χ3v) is 5.25. The van der Waals surface area contributed by atoms with Crippen molar-refractivity contribution >= 4 is 34.1 Å². The number of carbonyl (C=O) groups excluding carboxylic acids is 1. The SMILES string of the molecule is O=C1CC(c2noc(-c3ccc4cc[nH]c4c3)n2)CN1c1cccc(Cl)c1F. The number of aromatic nitrogens is 3. The molecule has 0 aliphatic carbocycles. The Morgan fingerprint density at radius 2 is 2.14 bits per heavy atom. The van der Waals surface area contributed by atoms with Gasteiger partial charge in [-0.1, -0.05) is 28.9 Å². The first-order chi connectivity index (χ1) is 13.6. The summed E-state index contributed by atoms with van der Waals surface area (Å²) in [6, 6.07) is 12.4. The number of amides is 1. The lowest BCUT2D eigenvalue weighted by Crippen LogP contribution is -2.25. The molecule has 0 radical (unpaired) electrons. The van der Waals surface area contributed by atoms with Gasteiger partial charge in [0.05, 0.1) is 10.7 Å². The summed E-state index contributed by atoms with van der Waals surface area (Å²) in [4.78, 5) is 21.4. The molecule has 140 valence electrons. The summed E-state index contributed by atoms with van der Waals surface area (Å²) >= 11 is 5.84. The zero-order chi connectivity index (χ0) is 19.3. The van der Waals surface area contributed by atoms with Crippen LogP contribution in [0.1, 0.15) is 18.2 Å². The van der Waals surface area contributed by atoms with E-state index in [9.17, 15) is 9.18 Å². The highest BCUT2D eigenvalue weighted by molar-refractivity contribution is 6.31. The van der Waals surface area contributed by atoms with Crippen molar-refractivity contribution in [2.45, 2.75) is 12.3 Å². The Balaban J connectivity index is 1.42. The molecule has 3 heterocycles. The quantitative estimate of drug-likeness (QED) is 0.552. The molecule has 1 N–H and O–H groups in total. The van der Waals surface area contributed by atoms with E-state index in [2.05, 4.69) is 15.1 Å². The van der Waals surface area contributed by atoms with Crippen molar-refractivity contribution in [1.82, 2.24) is 15.1 Å². The van der Waals surface area contributed by atoms with Gasteiger partial charge >= 0.3 is 0 Å². The summed E-state index contributed by atoms with van der Waals surface area (Å²) in [7, 11) is 0. The predicted octanol–water partition coefficient (Wildman–Crippen LogP) is 4.53. The number of carbonyl (C=O) groups is 1. The van der Waals surface area contributed by atoms with Gasteiger partial charge in [0.1, 0.15) is 0 Å². The molecule has 4 aromatic rings. The lowest BCUT2D eigenvalue weighted by molar-refractivity contribution is -0.117. The van der Waals surface area contributed by atoms with E-state index in [4.69, 9.17) is 16.1 Å².